The number of aryl methyl sites for hydroxylation is 2. The standard InChI is InChI=1S/C25H29N5O2/c1-14(2)9-10-29-12-18-22(17-11-26-28(5)15(17)3)24-20(13-30(16(4)31)25(24)32)27-19-7-6-8-21(29)23(18)19/h6-8,11-12,14,22,27H,9-10,13H2,1-5H3/t22-/m1/s1. The third-order valence-electron chi connectivity index (χ3n) is 6.85. The van der Waals surface area contributed by atoms with Gasteiger partial charge in [-0.25, -0.2) is 0 Å². The summed E-state index contributed by atoms with van der Waals surface area (Å²) in [5.74, 6) is -0.144. The van der Waals surface area contributed by atoms with Crippen molar-refractivity contribution in [3.63, 3.8) is 0 Å². The van der Waals surface area contributed by atoms with Crippen LogP contribution < -0.4 is 5.32 Å². The molecular weight excluding hydrogens is 402 g/mol. The largest absolute Gasteiger partial charge is 0.356 e. The lowest BCUT2D eigenvalue weighted by atomic mass is 9.84. The molecule has 0 saturated carbocycles. The Labute approximate surface area is 187 Å². The Morgan fingerprint density at radius 2 is 2.06 bits per heavy atom. The maximum atomic E-state index is 13.5. The topological polar surface area (TPSA) is 72.2 Å². The summed E-state index contributed by atoms with van der Waals surface area (Å²) in [6.07, 6.45) is 5.14. The molecule has 2 aliphatic heterocycles. The summed E-state index contributed by atoms with van der Waals surface area (Å²) in [5, 5.41) is 9.15. The molecule has 1 atom stereocenters. The Bertz CT molecular complexity index is 1290. The van der Waals surface area contributed by atoms with Crippen molar-refractivity contribution in [3.05, 3.63) is 58.7 Å². The second-order valence-corrected chi connectivity index (χ2v) is 9.33. The molecule has 7 nitrogen and oxygen atoms in total. The first-order valence-electron chi connectivity index (χ1n) is 11.2. The predicted molar refractivity (Wildman–Crippen MR) is 124 cm³/mol. The maximum Gasteiger partial charge on any atom is 0.259 e. The van der Waals surface area contributed by atoms with Gasteiger partial charge in [0.1, 0.15) is 0 Å². The predicted octanol–water partition coefficient (Wildman–Crippen LogP) is 3.93. The van der Waals surface area contributed by atoms with Crippen molar-refractivity contribution in [2.75, 3.05) is 11.9 Å². The smallest absolute Gasteiger partial charge is 0.259 e. The third-order valence-corrected chi connectivity index (χ3v) is 6.85. The van der Waals surface area contributed by atoms with E-state index in [1.807, 2.05) is 24.9 Å². The van der Waals surface area contributed by atoms with Crippen LogP contribution >= 0.6 is 0 Å². The van der Waals surface area contributed by atoms with Gasteiger partial charge in [0.05, 0.1) is 23.8 Å². The first-order valence-corrected chi connectivity index (χ1v) is 11.2. The van der Waals surface area contributed by atoms with E-state index >= 15 is 0 Å². The molecule has 0 saturated heterocycles. The van der Waals surface area contributed by atoms with Crippen LogP contribution in [0.2, 0.25) is 0 Å². The van der Waals surface area contributed by atoms with Gasteiger partial charge in [0.25, 0.3) is 5.91 Å². The molecule has 0 aliphatic carbocycles. The van der Waals surface area contributed by atoms with Gasteiger partial charge in [-0.05, 0) is 37.0 Å². The molecule has 166 valence electrons. The Hall–Kier alpha value is -3.35. The van der Waals surface area contributed by atoms with Crippen LogP contribution in [-0.2, 0) is 23.2 Å². The lowest BCUT2D eigenvalue weighted by Crippen LogP contribution is -2.33. The number of carbonyl (C=O) groups excluding carboxylic acids is 2. The minimum absolute atomic E-state index is 0.218. The number of rotatable bonds is 4. The van der Waals surface area contributed by atoms with E-state index in [0.717, 1.165) is 52.1 Å². The first kappa shape index (κ1) is 20.5. The van der Waals surface area contributed by atoms with E-state index < -0.39 is 0 Å². The van der Waals surface area contributed by atoms with Crippen LogP contribution in [0.4, 0.5) is 5.69 Å². The van der Waals surface area contributed by atoms with Crippen molar-refractivity contribution in [1.82, 2.24) is 19.2 Å². The van der Waals surface area contributed by atoms with Gasteiger partial charge in [0, 0.05) is 60.7 Å². The van der Waals surface area contributed by atoms with E-state index in [-0.39, 0.29) is 24.3 Å². The Balaban J connectivity index is 1.77. The van der Waals surface area contributed by atoms with Crippen LogP contribution in [0.25, 0.3) is 10.9 Å². The van der Waals surface area contributed by atoms with E-state index in [2.05, 4.69) is 53.2 Å². The van der Waals surface area contributed by atoms with Gasteiger partial charge in [-0.2, -0.15) is 5.10 Å². The Kier molecular flexibility index (Phi) is 4.73. The number of aromatic nitrogens is 3. The van der Waals surface area contributed by atoms with Gasteiger partial charge in [-0.1, -0.05) is 19.9 Å². The lowest BCUT2D eigenvalue weighted by molar-refractivity contribution is -0.139. The van der Waals surface area contributed by atoms with Gasteiger partial charge in [0.2, 0.25) is 5.91 Å². The molecule has 5 rings (SSSR count). The average molecular weight is 432 g/mol. The number of hydrogen-bond acceptors (Lipinski definition) is 4. The zero-order chi connectivity index (χ0) is 22.7. The molecule has 32 heavy (non-hydrogen) atoms. The normalized spacial score (nSPS) is 17.9. The van der Waals surface area contributed by atoms with Crippen molar-refractivity contribution in [2.45, 2.75) is 46.6 Å². The summed E-state index contributed by atoms with van der Waals surface area (Å²) in [6.45, 7) is 9.12. The minimum atomic E-state index is -0.283. The van der Waals surface area contributed by atoms with Gasteiger partial charge in [0.15, 0.2) is 0 Å². The summed E-state index contributed by atoms with van der Waals surface area (Å²) < 4.78 is 4.15. The summed E-state index contributed by atoms with van der Waals surface area (Å²) in [5.41, 5.74) is 6.70. The van der Waals surface area contributed by atoms with E-state index in [1.165, 1.54) is 11.8 Å². The molecule has 1 N–H and O–H groups in total. The summed E-state index contributed by atoms with van der Waals surface area (Å²) in [4.78, 5) is 27.1. The molecule has 3 aromatic rings. The fourth-order valence-electron chi connectivity index (χ4n) is 4.98. The number of nitrogens with one attached hydrogen (secondary N) is 1. The van der Waals surface area contributed by atoms with Gasteiger partial charge in [-0.15, -0.1) is 0 Å². The van der Waals surface area contributed by atoms with Crippen LogP contribution in [-0.4, -0.2) is 37.6 Å². The van der Waals surface area contributed by atoms with Gasteiger partial charge in [-0.3, -0.25) is 19.2 Å². The van der Waals surface area contributed by atoms with E-state index in [1.54, 1.807) is 0 Å². The number of anilines is 1. The number of carbonyl (C=O) groups is 2. The summed E-state index contributed by atoms with van der Waals surface area (Å²) in [6, 6.07) is 6.26. The van der Waals surface area contributed by atoms with Crippen molar-refractivity contribution in [3.8, 4) is 0 Å². The Morgan fingerprint density at radius 1 is 1.28 bits per heavy atom. The molecule has 4 heterocycles. The third kappa shape index (κ3) is 2.98. The number of amides is 2. The van der Waals surface area contributed by atoms with Crippen LogP contribution in [0.1, 0.15) is 49.9 Å². The van der Waals surface area contributed by atoms with Gasteiger partial charge < -0.3 is 9.88 Å². The fraction of sp³-hybridized carbons (Fsp3) is 0.400. The second kappa shape index (κ2) is 7.36. The fourth-order valence-corrected chi connectivity index (χ4v) is 4.98. The second-order valence-electron chi connectivity index (χ2n) is 9.33. The highest BCUT2D eigenvalue weighted by Gasteiger charge is 2.42. The molecule has 2 amide bonds. The van der Waals surface area contributed by atoms with E-state index in [9.17, 15) is 9.59 Å². The van der Waals surface area contributed by atoms with Crippen molar-refractivity contribution in [1.29, 1.82) is 0 Å². The maximum absolute atomic E-state index is 13.5. The highest BCUT2D eigenvalue weighted by Crippen LogP contribution is 2.47. The van der Waals surface area contributed by atoms with Gasteiger partial charge >= 0.3 is 0 Å². The van der Waals surface area contributed by atoms with Crippen LogP contribution in [0.15, 0.2) is 41.9 Å². The first-order chi connectivity index (χ1) is 15.3. The quantitative estimate of drug-likeness (QED) is 0.679. The molecule has 7 heteroatoms. The SMILES string of the molecule is CC(=O)N1CC2=C(C1=O)[C@H](c1cnn(C)c1C)c1cn(CCC(C)C)c3cccc(c13)N2. The minimum Gasteiger partial charge on any atom is -0.356 e. The number of hydrogen-bond donors (Lipinski definition) is 1. The van der Waals surface area contributed by atoms with Crippen molar-refractivity contribution >= 4 is 28.4 Å². The van der Waals surface area contributed by atoms with Crippen LogP contribution in [0, 0.1) is 12.8 Å². The molecule has 1 aromatic carbocycles. The summed E-state index contributed by atoms with van der Waals surface area (Å²) in [7, 11) is 1.92. The zero-order valence-electron chi connectivity index (χ0n) is 19.3. The summed E-state index contributed by atoms with van der Waals surface area (Å²) >= 11 is 0. The molecular formula is C25H29N5O2. The zero-order valence-corrected chi connectivity index (χ0v) is 19.3. The number of benzene rings is 1. The monoisotopic (exact) mass is 431 g/mol. The molecule has 2 aromatic heterocycles. The highest BCUT2D eigenvalue weighted by atomic mass is 16.2. The lowest BCUT2D eigenvalue weighted by Gasteiger charge is -2.19. The van der Waals surface area contributed by atoms with E-state index in [0.29, 0.717) is 11.5 Å². The molecule has 0 radical (unpaired) electrons. The van der Waals surface area contributed by atoms with Crippen LogP contribution in [0.3, 0.4) is 0 Å². The average Bonchev–Trinajstić information content (AvgIpc) is 3.35. The highest BCUT2D eigenvalue weighted by molar-refractivity contribution is 6.11. The van der Waals surface area contributed by atoms with E-state index in [4.69, 9.17) is 0 Å². The molecule has 0 fully saturated rings. The van der Waals surface area contributed by atoms with Crippen LogP contribution in [0.5, 0.6) is 0 Å². The molecule has 2 aliphatic rings. The molecule has 0 spiro atoms. The van der Waals surface area contributed by atoms with Crippen molar-refractivity contribution in [2.24, 2.45) is 13.0 Å². The molecule has 0 bridgehead atoms. The number of nitrogens with zero attached hydrogens (tertiary/aromatic N) is 4. The molecule has 0 unspecified atom stereocenters. The Morgan fingerprint density at radius 3 is 2.72 bits per heavy atom. The van der Waals surface area contributed by atoms with Crippen molar-refractivity contribution < 1.29 is 9.59 Å². The number of imide groups is 1.